The summed E-state index contributed by atoms with van der Waals surface area (Å²) in [6.07, 6.45) is -0.919. The summed E-state index contributed by atoms with van der Waals surface area (Å²) >= 11 is 1.31. The molecule has 1 amide bonds. The van der Waals surface area contributed by atoms with Gasteiger partial charge in [0.05, 0.1) is 23.8 Å². The van der Waals surface area contributed by atoms with Crippen LogP contribution in [0.2, 0.25) is 0 Å². The lowest BCUT2D eigenvalue weighted by molar-refractivity contribution is -0.137. The Kier molecular flexibility index (Phi) is 8.20. The molecule has 6 nitrogen and oxygen atoms in total. The molecule has 1 aromatic heterocycles. The zero-order valence-corrected chi connectivity index (χ0v) is 22.3. The van der Waals surface area contributed by atoms with Crippen molar-refractivity contribution in [2.75, 3.05) is 13.2 Å². The van der Waals surface area contributed by atoms with Crippen molar-refractivity contribution in [2.45, 2.75) is 78.6 Å². The Labute approximate surface area is 213 Å². The smallest absolute Gasteiger partial charge is 0.416 e. The van der Waals surface area contributed by atoms with Crippen molar-refractivity contribution >= 4 is 23.0 Å². The molecule has 1 aliphatic heterocycles. The van der Waals surface area contributed by atoms with Crippen molar-refractivity contribution in [1.29, 1.82) is 0 Å². The van der Waals surface area contributed by atoms with E-state index < -0.39 is 23.1 Å². The standard InChI is InChI=1S/C26H33F3N2O4S/c1-24(2,3)20(32)15-35-19-10-9-16(26(27,28)29)12-18(19)22(33)30-23-31(13-17-8-7-11-34-17)14-21(36-23)25(4,5)6/h9-10,12,14,17H,7-8,11,13,15H2,1-6H3/t17-/m1/s1. The first-order valence-electron chi connectivity index (χ1n) is 11.8. The van der Waals surface area contributed by atoms with E-state index in [2.05, 4.69) is 4.99 Å². The first-order chi connectivity index (χ1) is 16.6. The van der Waals surface area contributed by atoms with Crippen LogP contribution in [-0.2, 0) is 27.7 Å². The number of ether oxygens (including phenoxy) is 2. The maximum atomic E-state index is 13.4. The van der Waals surface area contributed by atoms with Crippen LogP contribution in [0.3, 0.4) is 0 Å². The highest BCUT2D eigenvalue weighted by atomic mass is 32.1. The molecule has 1 atom stereocenters. The Bertz CT molecular complexity index is 1180. The molecule has 1 aromatic carbocycles. The van der Waals surface area contributed by atoms with Gasteiger partial charge in [-0.15, -0.1) is 11.3 Å². The Hall–Kier alpha value is -2.46. The minimum Gasteiger partial charge on any atom is -0.485 e. The van der Waals surface area contributed by atoms with E-state index in [1.54, 1.807) is 20.8 Å². The largest absolute Gasteiger partial charge is 0.485 e. The monoisotopic (exact) mass is 526 g/mol. The molecule has 0 radical (unpaired) electrons. The molecular weight excluding hydrogens is 493 g/mol. The summed E-state index contributed by atoms with van der Waals surface area (Å²) < 4.78 is 53.4. The summed E-state index contributed by atoms with van der Waals surface area (Å²) in [6.45, 7) is 12.0. The zero-order valence-electron chi connectivity index (χ0n) is 21.5. The van der Waals surface area contributed by atoms with Crippen LogP contribution in [0, 0.1) is 5.41 Å². The fourth-order valence-corrected chi connectivity index (χ4v) is 4.51. The highest BCUT2D eigenvalue weighted by Crippen LogP contribution is 2.33. The molecule has 1 fully saturated rings. The summed E-state index contributed by atoms with van der Waals surface area (Å²) in [5.41, 5.74) is -2.25. The van der Waals surface area contributed by atoms with Crippen LogP contribution in [-0.4, -0.2) is 35.6 Å². The molecule has 0 N–H and O–H groups in total. The van der Waals surface area contributed by atoms with Crippen LogP contribution in [0.15, 0.2) is 29.4 Å². The van der Waals surface area contributed by atoms with Crippen molar-refractivity contribution in [2.24, 2.45) is 10.4 Å². The van der Waals surface area contributed by atoms with Crippen molar-refractivity contribution in [3.05, 3.63) is 45.2 Å². The lowest BCUT2D eigenvalue weighted by Gasteiger charge is -2.18. The van der Waals surface area contributed by atoms with Gasteiger partial charge in [0.1, 0.15) is 12.4 Å². The number of carbonyl (C=O) groups is 2. The SMILES string of the molecule is CC(C)(C)C(=O)COc1ccc(C(F)(F)F)cc1C(=O)N=c1sc(C(C)(C)C)cn1C[C@H]1CCCO1. The Morgan fingerprint density at radius 2 is 1.86 bits per heavy atom. The van der Waals surface area contributed by atoms with Gasteiger partial charge in [0.2, 0.25) is 0 Å². The Morgan fingerprint density at radius 1 is 1.17 bits per heavy atom. The fraction of sp³-hybridized carbons (Fsp3) is 0.577. The number of hydrogen-bond acceptors (Lipinski definition) is 5. The van der Waals surface area contributed by atoms with Gasteiger partial charge in [-0.3, -0.25) is 9.59 Å². The van der Waals surface area contributed by atoms with E-state index in [-0.39, 0.29) is 35.2 Å². The molecule has 0 saturated carbocycles. The number of amides is 1. The number of benzene rings is 1. The van der Waals surface area contributed by atoms with Gasteiger partial charge in [0, 0.05) is 23.1 Å². The van der Waals surface area contributed by atoms with E-state index in [0.29, 0.717) is 18.0 Å². The molecule has 0 unspecified atom stereocenters. The second-order valence-electron chi connectivity index (χ2n) is 11.0. The number of aromatic nitrogens is 1. The van der Waals surface area contributed by atoms with Gasteiger partial charge in [0.25, 0.3) is 5.91 Å². The first-order valence-corrected chi connectivity index (χ1v) is 12.7. The third kappa shape index (κ3) is 7.06. The number of rotatable bonds is 6. The van der Waals surface area contributed by atoms with Gasteiger partial charge in [-0.05, 0) is 36.5 Å². The van der Waals surface area contributed by atoms with Crippen LogP contribution >= 0.6 is 11.3 Å². The maximum absolute atomic E-state index is 13.4. The van der Waals surface area contributed by atoms with E-state index in [9.17, 15) is 22.8 Å². The molecular formula is C26H33F3N2O4S. The zero-order chi connectivity index (χ0) is 26.9. The third-order valence-corrected chi connectivity index (χ3v) is 7.26. The Morgan fingerprint density at radius 3 is 2.42 bits per heavy atom. The first kappa shape index (κ1) is 28.1. The van der Waals surface area contributed by atoms with Gasteiger partial charge < -0.3 is 14.0 Å². The molecule has 10 heteroatoms. The number of nitrogens with zero attached hydrogens (tertiary/aromatic N) is 2. The van der Waals surface area contributed by atoms with E-state index in [1.165, 1.54) is 11.3 Å². The van der Waals surface area contributed by atoms with Gasteiger partial charge >= 0.3 is 6.18 Å². The number of thiazole rings is 1. The van der Waals surface area contributed by atoms with E-state index in [4.69, 9.17) is 9.47 Å². The summed E-state index contributed by atoms with van der Waals surface area (Å²) in [5, 5.41) is 0. The lowest BCUT2D eigenvalue weighted by atomic mass is 9.91. The number of alkyl halides is 3. The number of ketones is 1. The molecule has 0 spiro atoms. The average Bonchev–Trinajstić information content (AvgIpc) is 3.41. The summed E-state index contributed by atoms with van der Waals surface area (Å²) in [6, 6.07) is 2.62. The molecule has 2 aromatic rings. The minimum atomic E-state index is -4.66. The molecule has 0 aliphatic carbocycles. The van der Waals surface area contributed by atoms with Crippen LogP contribution in [0.25, 0.3) is 0 Å². The highest BCUT2D eigenvalue weighted by Gasteiger charge is 2.32. The maximum Gasteiger partial charge on any atom is 0.416 e. The van der Waals surface area contributed by atoms with E-state index in [1.807, 2.05) is 31.5 Å². The van der Waals surface area contributed by atoms with Gasteiger partial charge in [-0.1, -0.05) is 41.5 Å². The average molecular weight is 527 g/mol. The molecule has 1 aliphatic rings. The number of carbonyl (C=O) groups excluding carboxylic acids is 2. The summed E-state index contributed by atoms with van der Waals surface area (Å²) in [4.78, 5) is 31.1. The quantitative estimate of drug-likeness (QED) is 0.479. The van der Waals surface area contributed by atoms with E-state index in [0.717, 1.165) is 35.9 Å². The molecule has 36 heavy (non-hydrogen) atoms. The molecule has 198 valence electrons. The predicted molar refractivity (Wildman–Crippen MR) is 131 cm³/mol. The van der Waals surface area contributed by atoms with Crippen molar-refractivity contribution in [1.82, 2.24) is 4.57 Å². The highest BCUT2D eigenvalue weighted by molar-refractivity contribution is 7.09. The molecule has 3 rings (SSSR count). The number of halogens is 3. The van der Waals surface area contributed by atoms with Gasteiger partial charge in [0.15, 0.2) is 10.6 Å². The fourth-order valence-electron chi connectivity index (χ4n) is 3.46. The van der Waals surface area contributed by atoms with Gasteiger partial charge in [-0.25, -0.2) is 0 Å². The summed E-state index contributed by atoms with van der Waals surface area (Å²) in [7, 11) is 0. The molecule has 1 saturated heterocycles. The normalized spacial score (nSPS) is 17.5. The second-order valence-corrected chi connectivity index (χ2v) is 12.0. The lowest BCUT2D eigenvalue weighted by Crippen LogP contribution is -2.27. The predicted octanol–water partition coefficient (Wildman–Crippen LogP) is 5.78. The number of hydrogen-bond donors (Lipinski definition) is 0. The van der Waals surface area contributed by atoms with Crippen molar-refractivity contribution in [3.8, 4) is 5.75 Å². The number of Topliss-reactive ketones (excluding diaryl/α,β-unsaturated/α-hetero) is 1. The van der Waals surface area contributed by atoms with Crippen molar-refractivity contribution in [3.63, 3.8) is 0 Å². The molecule has 0 bridgehead atoms. The minimum absolute atomic E-state index is 0.0164. The second kappa shape index (κ2) is 10.5. The van der Waals surface area contributed by atoms with Crippen LogP contribution in [0.1, 0.15) is 75.2 Å². The van der Waals surface area contributed by atoms with Crippen LogP contribution in [0.4, 0.5) is 13.2 Å². The summed E-state index contributed by atoms with van der Waals surface area (Å²) in [5.74, 6) is -1.24. The van der Waals surface area contributed by atoms with Gasteiger partial charge in [-0.2, -0.15) is 18.2 Å². The molecule has 2 heterocycles. The van der Waals surface area contributed by atoms with Crippen LogP contribution in [0.5, 0.6) is 5.75 Å². The Balaban J connectivity index is 2.04. The topological polar surface area (TPSA) is 69.9 Å². The van der Waals surface area contributed by atoms with E-state index >= 15 is 0 Å². The van der Waals surface area contributed by atoms with Crippen molar-refractivity contribution < 1.29 is 32.2 Å². The third-order valence-electron chi connectivity index (χ3n) is 5.81. The van der Waals surface area contributed by atoms with Crippen LogP contribution < -0.4 is 9.54 Å².